The Hall–Kier alpha value is -2.57. The maximum Gasteiger partial charge on any atom is 0.417 e. The van der Waals surface area contributed by atoms with Crippen LogP contribution in [0.25, 0.3) is 0 Å². The molecule has 0 N–H and O–H groups in total. The molecule has 36 heavy (non-hydrogen) atoms. The van der Waals surface area contributed by atoms with Gasteiger partial charge in [-0.1, -0.05) is 79.2 Å². The summed E-state index contributed by atoms with van der Waals surface area (Å²) >= 11 is 5.95. The Bertz CT molecular complexity index is 1110. The van der Waals surface area contributed by atoms with Crippen molar-refractivity contribution in [1.82, 2.24) is 4.90 Å². The predicted octanol–water partition coefficient (Wildman–Crippen LogP) is 8.30. The Morgan fingerprint density at radius 2 is 1.81 bits per heavy atom. The number of allylic oxidation sites excluding steroid dienone is 2. The van der Waals surface area contributed by atoms with Gasteiger partial charge < -0.3 is 4.74 Å². The van der Waals surface area contributed by atoms with E-state index in [9.17, 15) is 18.0 Å². The monoisotopic (exact) mass is 519 g/mol. The van der Waals surface area contributed by atoms with Crippen LogP contribution in [0.1, 0.15) is 69.7 Å². The van der Waals surface area contributed by atoms with Crippen LogP contribution >= 0.6 is 11.6 Å². The highest BCUT2D eigenvalue weighted by molar-refractivity contribution is 6.31. The van der Waals surface area contributed by atoms with Crippen molar-refractivity contribution in [2.75, 3.05) is 0 Å². The highest BCUT2D eigenvalue weighted by atomic mass is 35.5. The Balaban J connectivity index is 2.17. The van der Waals surface area contributed by atoms with Gasteiger partial charge in [0.1, 0.15) is 5.60 Å². The third-order valence-electron chi connectivity index (χ3n) is 6.34. The van der Waals surface area contributed by atoms with Gasteiger partial charge >= 0.3 is 12.1 Å². The van der Waals surface area contributed by atoms with Crippen molar-refractivity contribution < 1.29 is 22.7 Å². The topological polar surface area (TPSA) is 29.5 Å². The van der Waals surface area contributed by atoms with Crippen LogP contribution in [0, 0.1) is 0 Å². The molecule has 1 aliphatic rings. The zero-order chi connectivity index (χ0) is 26.6. The molecule has 0 bridgehead atoms. The second kappa shape index (κ2) is 11.2. The molecule has 0 saturated heterocycles. The minimum Gasteiger partial charge on any atom is -0.460 e. The molecule has 2 aromatic carbocycles. The Morgan fingerprint density at radius 3 is 2.36 bits per heavy atom. The largest absolute Gasteiger partial charge is 0.460 e. The first-order chi connectivity index (χ1) is 16.8. The van der Waals surface area contributed by atoms with Gasteiger partial charge in [-0.3, -0.25) is 9.69 Å². The van der Waals surface area contributed by atoms with Gasteiger partial charge in [0.05, 0.1) is 17.0 Å². The maximum atomic E-state index is 13.8. The van der Waals surface area contributed by atoms with E-state index in [1.165, 1.54) is 6.07 Å². The van der Waals surface area contributed by atoms with Gasteiger partial charge in [-0.2, -0.15) is 13.2 Å². The molecule has 1 aliphatic carbocycles. The van der Waals surface area contributed by atoms with Gasteiger partial charge in [0.25, 0.3) is 0 Å². The van der Waals surface area contributed by atoms with Gasteiger partial charge in [-0.25, -0.2) is 0 Å². The van der Waals surface area contributed by atoms with Gasteiger partial charge in [-0.05, 0) is 56.9 Å². The summed E-state index contributed by atoms with van der Waals surface area (Å²) in [5, 5.41) is -0.373. The first-order valence-corrected chi connectivity index (χ1v) is 12.5. The van der Waals surface area contributed by atoms with E-state index in [1.807, 2.05) is 42.5 Å². The van der Waals surface area contributed by atoms with E-state index in [0.29, 0.717) is 24.9 Å². The quantitative estimate of drug-likeness (QED) is 0.328. The number of carbonyl (C=O) groups excluding carboxylic acids is 1. The van der Waals surface area contributed by atoms with E-state index in [2.05, 4.69) is 24.0 Å². The summed E-state index contributed by atoms with van der Waals surface area (Å²) in [6.07, 6.45) is 4.68. The second-order valence-electron chi connectivity index (χ2n) is 10.1. The summed E-state index contributed by atoms with van der Waals surface area (Å²) in [4.78, 5) is 15.2. The minimum absolute atomic E-state index is 0.109. The maximum absolute atomic E-state index is 13.8. The minimum atomic E-state index is -4.62. The molecule has 0 spiro atoms. The molecule has 0 fully saturated rings. The summed E-state index contributed by atoms with van der Waals surface area (Å²) in [6, 6.07) is 13.0. The summed E-state index contributed by atoms with van der Waals surface area (Å²) in [7, 11) is 0. The molecular weight excluding hydrogens is 487 g/mol. The van der Waals surface area contributed by atoms with Crippen molar-refractivity contribution in [1.29, 1.82) is 0 Å². The van der Waals surface area contributed by atoms with Gasteiger partial charge in [-0.15, -0.1) is 0 Å². The Labute approximate surface area is 216 Å². The zero-order valence-corrected chi connectivity index (χ0v) is 21.9. The van der Waals surface area contributed by atoms with Crippen LogP contribution in [0.2, 0.25) is 5.02 Å². The number of carbonyl (C=O) groups is 1. The molecule has 2 atom stereocenters. The van der Waals surface area contributed by atoms with Crippen LogP contribution in [-0.4, -0.2) is 22.0 Å². The molecular formula is C29H33ClF3NO2. The Kier molecular flexibility index (Phi) is 8.73. The second-order valence-corrected chi connectivity index (χ2v) is 10.5. The van der Waals surface area contributed by atoms with Crippen molar-refractivity contribution in [2.45, 2.75) is 76.9 Å². The molecule has 7 heteroatoms. The highest BCUT2D eigenvalue weighted by Crippen LogP contribution is 2.42. The molecule has 0 radical (unpaired) electrons. The first kappa shape index (κ1) is 28.0. The number of ether oxygens (including phenoxy) is 1. The number of esters is 1. The normalized spacial score (nSPS) is 18.9. The molecule has 3 nitrogen and oxygen atoms in total. The molecule has 0 saturated carbocycles. The summed E-state index contributed by atoms with van der Waals surface area (Å²) in [6.45, 7) is 7.80. The van der Waals surface area contributed by atoms with E-state index in [4.69, 9.17) is 16.3 Å². The fourth-order valence-corrected chi connectivity index (χ4v) is 4.83. The average Bonchev–Trinajstić information content (AvgIpc) is 2.81. The number of hydrogen-bond acceptors (Lipinski definition) is 3. The van der Waals surface area contributed by atoms with Crippen molar-refractivity contribution >= 4 is 17.6 Å². The summed E-state index contributed by atoms with van der Waals surface area (Å²) < 4.78 is 47.1. The molecule has 0 aromatic heterocycles. The molecule has 0 amide bonds. The van der Waals surface area contributed by atoms with Crippen LogP contribution in [0.3, 0.4) is 0 Å². The average molecular weight is 520 g/mol. The summed E-state index contributed by atoms with van der Waals surface area (Å²) in [5.74, 6) is -0.476. The molecule has 0 aliphatic heterocycles. The van der Waals surface area contributed by atoms with Gasteiger partial charge in [0, 0.05) is 18.1 Å². The molecule has 0 heterocycles. The van der Waals surface area contributed by atoms with Crippen molar-refractivity contribution in [3.8, 4) is 0 Å². The number of benzene rings is 2. The number of halogens is 4. The molecule has 3 rings (SSSR count). The van der Waals surface area contributed by atoms with Crippen molar-refractivity contribution in [2.24, 2.45) is 0 Å². The fourth-order valence-electron chi connectivity index (χ4n) is 4.61. The summed E-state index contributed by atoms with van der Waals surface area (Å²) in [5.41, 5.74) is -0.786. The highest BCUT2D eigenvalue weighted by Gasteiger charge is 2.41. The van der Waals surface area contributed by atoms with E-state index < -0.39 is 34.9 Å². The van der Waals surface area contributed by atoms with Crippen LogP contribution in [0.5, 0.6) is 0 Å². The molecule has 194 valence electrons. The lowest BCUT2D eigenvalue weighted by Gasteiger charge is -2.47. The van der Waals surface area contributed by atoms with Crippen molar-refractivity contribution in [3.05, 3.63) is 94.5 Å². The zero-order valence-electron chi connectivity index (χ0n) is 21.1. The predicted molar refractivity (Wildman–Crippen MR) is 138 cm³/mol. The number of rotatable bonds is 8. The standard InChI is InChI=1S/C29H33ClF3NO2/c1-5-28(16-10-7-11-17-28)34(20-21-12-8-6-9-13-21)25(19-26(35)36-27(2,3)4)22-14-15-24(30)23(18-22)29(31,32)33/h6-16,18,25H,5,17,19-20H2,1-4H3/t25?,28-/m0/s1. The lowest BCUT2D eigenvalue weighted by molar-refractivity contribution is -0.157. The van der Waals surface area contributed by atoms with Crippen molar-refractivity contribution in [3.63, 3.8) is 0 Å². The number of nitrogens with zero attached hydrogens (tertiary/aromatic N) is 1. The molecule has 2 aromatic rings. The fraction of sp³-hybridized carbons (Fsp3) is 0.414. The van der Waals surface area contributed by atoms with E-state index in [0.717, 1.165) is 11.6 Å². The third-order valence-corrected chi connectivity index (χ3v) is 6.67. The van der Waals surface area contributed by atoms with Crippen LogP contribution in [0.4, 0.5) is 13.2 Å². The van der Waals surface area contributed by atoms with Gasteiger partial charge in [0.2, 0.25) is 0 Å². The van der Waals surface area contributed by atoms with E-state index >= 15 is 0 Å². The molecule has 1 unspecified atom stereocenters. The van der Waals surface area contributed by atoms with Crippen LogP contribution in [0.15, 0.2) is 72.8 Å². The smallest absolute Gasteiger partial charge is 0.417 e. The Morgan fingerprint density at radius 1 is 1.11 bits per heavy atom. The van der Waals surface area contributed by atoms with Crippen LogP contribution in [-0.2, 0) is 22.3 Å². The lowest BCUT2D eigenvalue weighted by Crippen LogP contribution is -2.49. The first-order valence-electron chi connectivity index (χ1n) is 12.1. The van der Waals surface area contributed by atoms with E-state index in [-0.39, 0.29) is 11.4 Å². The van der Waals surface area contributed by atoms with Crippen LogP contribution < -0.4 is 0 Å². The van der Waals surface area contributed by atoms with Gasteiger partial charge in [0.15, 0.2) is 0 Å². The number of alkyl halides is 3. The third kappa shape index (κ3) is 7.01. The SMILES string of the molecule is CC[C@]1(N(Cc2ccccc2)C(CC(=O)OC(C)(C)C)c2ccc(Cl)c(C(F)(F)F)c2)C=CC=CC1. The number of hydrogen-bond donors (Lipinski definition) is 0. The van der Waals surface area contributed by atoms with E-state index in [1.54, 1.807) is 26.8 Å². The lowest BCUT2D eigenvalue weighted by atomic mass is 9.83.